The summed E-state index contributed by atoms with van der Waals surface area (Å²) in [6.45, 7) is 9.68. The molecule has 4 heterocycles. The Morgan fingerprint density at radius 2 is 1.45 bits per heavy atom. The number of aromatic nitrogens is 4. The van der Waals surface area contributed by atoms with Crippen molar-refractivity contribution in [2.24, 2.45) is 5.92 Å². The van der Waals surface area contributed by atoms with Gasteiger partial charge in [-0.3, -0.25) is 0 Å². The molecule has 47 heavy (non-hydrogen) atoms. The molecule has 2 aromatic heterocycles. The Balaban J connectivity index is 0.000000185. The fraction of sp³-hybridized carbons (Fsp3) is 0.433. The van der Waals surface area contributed by atoms with Gasteiger partial charge in [-0.15, -0.1) is 0 Å². The van der Waals surface area contributed by atoms with E-state index in [0.717, 1.165) is 50.4 Å². The van der Waals surface area contributed by atoms with Crippen LogP contribution in [0.25, 0.3) is 26.7 Å². The van der Waals surface area contributed by atoms with Gasteiger partial charge in [0.2, 0.25) is 15.7 Å². The first kappa shape index (κ1) is 34.7. The predicted octanol–water partition coefficient (Wildman–Crippen LogP) is 4.63. The van der Waals surface area contributed by atoms with Crippen LogP contribution in [0, 0.1) is 24.1 Å². The van der Waals surface area contributed by atoms with Crippen molar-refractivity contribution in [3.8, 4) is 0 Å². The Hall–Kier alpha value is -3.59. The molecule has 2 atom stereocenters. The third kappa shape index (κ3) is 8.86. The zero-order valence-corrected chi connectivity index (χ0v) is 28.9. The van der Waals surface area contributed by atoms with Gasteiger partial charge in [0.05, 0.1) is 34.1 Å². The van der Waals surface area contributed by atoms with E-state index in [1.807, 2.05) is 9.80 Å². The largest absolute Gasteiger partial charge is 0.356 e. The van der Waals surface area contributed by atoms with E-state index in [0.29, 0.717) is 45.6 Å². The first-order valence-corrected chi connectivity index (χ1v) is 19.5. The number of fused-ring (bicyclic) bond motifs is 2. The summed E-state index contributed by atoms with van der Waals surface area (Å²) in [6, 6.07) is 5.57. The Morgan fingerprint density at radius 1 is 0.872 bits per heavy atom. The molecule has 0 aliphatic carbocycles. The molecule has 0 amide bonds. The van der Waals surface area contributed by atoms with E-state index in [-0.39, 0.29) is 29.2 Å². The van der Waals surface area contributed by atoms with Crippen molar-refractivity contribution in [3.63, 3.8) is 0 Å². The normalized spacial score (nSPS) is 18.9. The molecule has 2 fully saturated rings. The molecule has 2 aliphatic heterocycles. The molecule has 17 heteroatoms. The number of anilines is 2. The summed E-state index contributed by atoms with van der Waals surface area (Å²) in [4.78, 5) is 24.0. The van der Waals surface area contributed by atoms with Crippen LogP contribution in [0.4, 0.5) is 26.1 Å². The van der Waals surface area contributed by atoms with Crippen LogP contribution in [0.3, 0.4) is 0 Å². The molecule has 2 aliphatic rings. The minimum atomic E-state index is -3.25. The van der Waals surface area contributed by atoms with Gasteiger partial charge in [0, 0.05) is 55.3 Å². The van der Waals surface area contributed by atoms with E-state index in [4.69, 9.17) is 6.57 Å². The van der Waals surface area contributed by atoms with Crippen LogP contribution in [0.5, 0.6) is 0 Å². The topological polar surface area (TPSA) is 143 Å². The van der Waals surface area contributed by atoms with Crippen molar-refractivity contribution in [2.45, 2.75) is 31.7 Å². The fourth-order valence-electron chi connectivity index (χ4n) is 6.07. The van der Waals surface area contributed by atoms with Gasteiger partial charge in [-0.05, 0) is 65.7 Å². The number of nitrogens with zero attached hydrogens (tertiary/aromatic N) is 7. The molecular weight excluding hydrogens is 718 g/mol. The predicted molar refractivity (Wildman–Crippen MR) is 181 cm³/mol. The average Bonchev–Trinajstić information content (AvgIpc) is 2.99. The quantitative estimate of drug-likeness (QED) is 0.277. The summed E-state index contributed by atoms with van der Waals surface area (Å²) < 4.78 is 76.4. The number of piperidine rings is 2. The van der Waals surface area contributed by atoms with Crippen LogP contribution in [0.2, 0.25) is 0 Å². The summed E-state index contributed by atoms with van der Waals surface area (Å²) in [7, 11) is -6.29. The van der Waals surface area contributed by atoms with Crippen molar-refractivity contribution >= 4 is 74.9 Å². The summed E-state index contributed by atoms with van der Waals surface area (Å²) >= 11 is 3.19. The second-order valence-corrected chi connectivity index (χ2v) is 16.7. The monoisotopic (exact) mass is 750 g/mol. The molecular formula is C30H33BrF2N8O4S2. The summed E-state index contributed by atoms with van der Waals surface area (Å²) in [6.07, 6.45) is 8.53. The van der Waals surface area contributed by atoms with Crippen LogP contribution in [0.1, 0.15) is 25.7 Å². The number of rotatable bonds is 6. The van der Waals surface area contributed by atoms with Gasteiger partial charge in [0.25, 0.3) is 0 Å². The number of hydrogen-bond acceptors (Lipinski definition) is 10. The summed E-state index contributed by atoms with van der Waals surface area (Å²) in [5.41, 5.74) is 0.896. The molecule has 1 N–H and O–H groups in total. The highest BCUT2D eigenvalue weighted by Gasteiger charge is 2.26. The molecule has 4 aromatic rings. The molecule has 2 saturated heterocycles. The van der Waals surface area contributed by atoms with Gasteiger partial charge in [0.1, 0.15) is 45.8 Å². The van der Waals surface area contributed by atoms with Crippen molar-refractivity contribution < 1.29 is 25.6 Å². The highest BCUT2D eigenvalue weighted by molar-refractivity contribution is 9.10. The second-order valence-electron chi connectivity index (χ2n) is 11.8. The van der Waals surface area contributed by atoms with Crippen LogP contribution < -0.4 is 14.5 Å². The minimum absolute atomic E-state index is 0.0412. The van der Waals surface area contributed by atoms with Crippen LogP contribution >= 0.6 is 15.9 Å². The third-order valence-electron chi connectivity index (χ3n) is 7.92. The standard InChI is InChI=1S/C16H17FN4O2S.C14H16BrFN4O2S/c1-18-15-6-12-14(7-13(15)17)19-10-20-16(12)21-5-3-4-11(8-21)9-24(2,22)23;1-23(21,22)19-9-3-2-4-20(7-9)14-10-5-11(15)12(16)6-13(10)17-8-18-14/h6-7,10-11H,3-5,8-9H2,2H3;5-6,8-9,19H,2-4,7H2,1H3. The Morgan fingerprint density at radius 3 is 2.04 bits per heavy atom. The number of sulfonamides is 1. The number of halogens is 3. The van der Waals surface area contributed by atoms with E-state index in [2.05, 4.69) is 45.4 Å². The van der Waals surface area contributed by atoms with E-state index in [1.165, 1.54) is 37.1 Å². The Bertz CT molecular complexity index is 2060. The molecule has 2 unspecified atom stereocenters. The van der Waals surface area contributed by atoms with Gasteiger partial charge >= 0.3 is 0 Å². The van der Waals surface area contributed by atoms with Crippen LogP contribution in [-0.2, 0) is 19.9 Å². The summed E-state index contributed by atoms with van der Waals surface area (Å²) in [5.74, 6) is 0.528. The maximum Gasteiger partial charge on any atom is 0.222 e. The fourth-order valence-corrected chi connectivity index (χ4v) is 8.34. The van der Waals surface area contributed by atoms with Gasteiger partial charge in [-0.1, -0.05) is 0 Å². The first-order valence-electron chi connectivity index (χ1n) is 14.8. The van der Waals surface area contributed by atoms with Gasteiger partial charge in [-0.2, -0.15) is 0 Å². The van der Waals surface area contributed by atoms with Crippen molar-refractivity contribution in [3.05, 3.63) is 64.4 Å². The minimum Gasteiger partial charge on any atom is -0.356 e. The second kappa shape index (κ2) is 14.3. The summed E-state index contributed by atoms with van der Waals surface area (Å²) in [5, 5.41) is 1.35. The molecule has 0 spiro atoms. The molecule has 0 saturated carbocycles. The third-order valence-corrected chi connectivity index (χ3v) is 10.4. The van der Waals surface area contributed by atoms with E-state index in [9.17, 15) is 25.6 Å². The smallest absolute Gasteiger partial charge is 0.222 e. The molecule has 6 rings (SSSR count). The zero-order chi connectivity index (χ0) is 33.9. The van der Waals surface area contributed by atoms with Crippen molar-refractivity contribution in [1.29, 1.82) is 0 Å². The average molecular weight is 752 g/mol. The van der Waals surface area contributed by atoms with Crippen LogP contribution in [0.15, 0.2) is 41.4 Å². The number of nitrogens with one attached hydrogen (secondary N) is 1. The lowest BCUT2D eigenvalue weighted by Gasteiger charge is -2.34. The molecule has 2 aromatic carbocycles. The molecule has 250 valence electrons. The lowest BCUT2D eigenvalue weighted by atomic mass is 9.99. The molecule has 0 bridgehead atoms. The van der Waals surface area contributed by atoms with Crippen molar-refractivity contribution in [2.75, 3.05) is 54.2 Å². The van der Waals surface area contributed by atoms with Crippen molar-refractivity contribution in [1.82, 2.24) is 24.7 Å². The SMILES string of the molecule is CS(=O)(=O)NC1CCCN(c2ncnc3cc(F)c(Br)cc23)C1.[C-]#[N+]c1cc2c(N3CCCC(CS(C)(=O)=O)C3)ncnc2cc1F. The first-order chi connectivity index (χ1) is 22.2. The number of hydrogen-bond donors (Lipinski definition) is 1. The highest BCUT2D eigenvalue weighted by atomic mass is 79.9. The lowest BCUT2D eigenvalue weighted by molar-refractivity contribution is 0.443. The van der Waals surface area contributed by atoms with Crippen LogP contribution in [-0.4, -0.2) is 87.3 Å². The van der Waals surface area contributed by atoms with Gasteiger partial charge in [0.15, 0.2) is 0 Å². The lowest BCUT2D eigenvalue weighted by Crippen LogP contribution is -2.47. The van der Waals surface area contributed by atoms with E-state index in [1.54, 1.807) is 6.07 Å². The Labute approximate surface area is 280 Å². The van der Waals surface area contributed by atoms with E-state index >= 15 is 0 Å². The van der Waals surface area contributed by atoms with Gasteiger partial charge < -0.3 is 9.80 Å². The maximum atomic E-state index is 13.8. The number of benzene rings is 2. The molecule has 12 nitrogen and oxygen atoms in total. The molecule has 0 radical (unpaired) electrons. The Kier molecular flexibility index (Phi) is 10.5. The zero-order valence-electron chi connectivity index (χ0n) is 25.7. The van der Waals surface area contributed by atoms with Gasteiger partial charge in [-0.25, -0.2) is 55.1 Å². The highest BCUT2D eigenvalue weighted by Crippen LogP contribution is 2.32. The maximum absolute atomic E-state index is 13.8. The van der Waals surface area contributed by atoms with E-state index < -0.39 is 25.7 Å². The number of sulfone groups is 1.